The standard InChI is InChI=1S/C24H29FN4O3/c1-17-2-4-20(15-21(17)25)23(30)26-7-8-27-24(31)29-11-9-28(10-12-29)16-18-3-5-22-19(14-18)6-13-32-22/h2-5,14-15H,6-13,16H2,1H3,(H,26,30)(H,27,31). The summed E-state index contributed by atoms with van der Waals surface area (Å²) >= 11 is 0. The van der Waals surface area contributed by atoms with Gasteiger partial charge in [-0.3, -0.25) is 9.69 Å². The SMILES string of the molecule is Cc1ccc(C(=O)NCCNC(=O)N2CCN(Cc3ccc4c(c3)CCO4)CC2)cc1F. The smallest absolute Gasteiger partial charge is 0.317 e. The monoisotopic (exact) mass is 440 g/mol. The average Bonchev–Trinajstić information content (AvgIpc) is 3.26. The first-order valence-corrected chi connectivity index (χ1v) is 11.0. The van der Waals surface area contributed by atoms with Crippen LogP contribution < -0.4 is 15.4 Å². The van der Waals surface area contributed by atoms with Gasteiger partial charge >= 0.3 is 6.03 Å². The minimum Gasteiger partial charge on any atom is -0.493 e. The molecule has 0 aromatic heterocycles. The van der Waals surface area contributed by atoms with Crippen molar-refractivity contribution in [3.05, 3.63) is 64.5 Å². The maximum atomic E-state index is 13.6. The number of nitrogens with zero attached hydrogens (tertiary/aromatic N) is 2. The molecule has 2 heterocycles. The summed E-state index contributed by atoms with van der Waals surface area (Å²) in [6, 6.07) is 10.6. The van der Waals surface area contributed by atoms with E-state index < -0.39 is 5.82 Å². The Bertz CT molecular complexity index is 989. The molecule has 0 spiro atoms. The van der Waals surface area contributed by atoms with Crippen LogP contribution in [-0.2, 0) is 13.0 Å². The van der Waals surface area contributed by atoms with Crippen molar-refractivity contribution in [2.24, 2.45) is 0 Å². The maximum absolute atomic E-state index is 13.6. The molecule has 0 aliphatic carbocycles. The van der Waals surface area contributed by atoms with Crippen molar-refractivity contribution >= 4 is 11.9 Å². The second-order valence-electron chi connectivity index (χ2n) is 8.26. The topological polar surface area (TPSA) is 73.9 Å². The first-order chi connectivity index (χ1) is 15.5. The fourth-order valence-corrected chi connectivity index (χ4v) is 4.00. The molecule has 3 amide bonds. The van der Waals surface area contributed by atoms with Gasteiger partial charge in [-0.1, -0.05) is 18.2 Å². The summed E-state index contributed by atoms with van der Waals surface area (Å²) in [5.74, 6) is 0.234. The lowest BCUT2D eigenvalue weighted by molar-refractivity contribution is 0.0952. The minimum atomic E-state index is -0.407. The zero-order chi connectivity index (χ0) is 22.5. The predicted molar refractivity (Wildman–Crippen MR) is 119 cm³/mol. The van der Waals surface area contributed by atoms with Crippen LogP contribution in [0.25, 0.3) is 0 Å². The van der Waals surface area contributed by atoms with Crippen LogP contribution in [0.5, 0.6) is 5.75 Å². The van der Waals surface area contributed by atoms with Crippen molar-refractivity contribution < 1.29 is 18.7 Å². The van der Waals surface area contributed by atoms with Crippen LogP contribution in [0.2, 0.25) is 0 Å². The highest BCUT2D eigenvalue weighted by atomic mass is 19.1. The number of urea groups is 1. The number of carbonyl (C=O) groups is 2. The molecule has 0 atom stereocenters. The van der Waals surface area contributed by atoms with E-state index in [1.165, 1.54) is 17.2 Å². The molecule has 2 aliphatic heterocycles. The number of halogens is 1. The number of hydrogen-bond donors (Lipinski definition) is 2. The third-order valence-corrected chi connectivity index (χ3v) is 5.94. The molecular weight excluding hydrogens is 411 g/mol. The van der Waals surface area contributed by atoms with Gasteiger partial charge in [-0.15, -0.1) is 0 Å². The van der Waals surface area contributed by atoms with Gasteiger partial charge in [0.2, 0.25) is 0 Å². The average molecular weight is 441 g/mol. The molecule has 1 saturated heterocycles. The molecule has 0 radical (unpaired) electrons. The molecule has 8 heteroatoms. The molecule has 2 aromatic rings. The van der Waals surface area contributed by atoms with Crippen LogP contribution in [-0.4, -0.2) is 67.6 Å². The van der Waals surface area contributed by atoms with Crippen molar-refractivity contribution in [1.82, 2.24) is 20.4 Å². The quantitative estimate of drug-likeness (QED) is 0.677. The van der Waals surface area contributed by atoms with Gasteiger partial charge in [0.05, 0.1) is 6.61 Å². The van der Waals surface area contributed by atoms with Gasteiger partial charge in [0.25, 0.3) is 5.91 Å². The zero-order valence-electron chi connectivity index (χ0n) is 18.3. The van der Waals surface area contributed by atoms with Crippen molar-refractivity contribution in [1.29, 1.82) is 0 Å². The molecule has 32 heavy (non-hydrogen) atoms. The van der Waals surface area contributed by atoms with Crippen LogP contribution in [0.15, 0.2) is 36.4 Å². The molecule has 170 valence electrons. The fraction of sp³-hybridized carbons (Fsp3) is 0.417. The largest absolute Gasteiger partial charge is 0.493 e. The van der Waals surface area contributed by atoms with E-state index in [1.807, 2.05) is 0 Å². The van der Waals surface area contributed by atoms with Gasteiger partial charge < -0.3 is 20.3 Å². The van der Waals surface area contributed by atoms with E-state index in [2.05, 4.69) is 33.7 Å². The first kappa shape index (κ1) is 22.1. The van der Waals surface area contributed by atoms with Crippen LogP contribution in [0, 0.1) is 12.7 Å². The highest BCUT2D eigenvalue weighted by Gasteiger charge is 2.21. The number of amides is 3. The fourth-order valence-electron chi connectivity index (χ4n) is 4.00. The van der Waals surface area contributed by atoms with E-state index in [4.69, 9.17) is 4.74 Å². The van der Waals surface area contributed by atoms with E-state index in [9.17, 15) is 14.0 Å². The first-order valence-electron chi connectivity index (χ1n) is 11.0. The summed E-state index contributed by atoms with van der Waals surface area (Å²) in [5.41, 5.74) is 3.32. The summed E-state index contributed by atoms with van der Waals surface area (Å²) in [7, 11) is 0. The van der Waals surface area contributed by atoms with Crippen molar-refractivity contribution in [2.45, 2.75) is 19.9 Å². The van der Waals surface area contributed by atoms with Crippen molar-refractivity contribution in [3.63, 3.8) is 0 Å². The highest BCUT2D eigenvalue weighted by Crippen LogP contribution is 2.26. The second-order valence-corrected chi connectivity index (χ2v) is 8.26. The summed E-state index contributed by atoms with van der Waals surface area (Å²) < 4.78 is 19.2. The Morgan fingerprint density at radius 2 is 1.81 bits per heavy atom. The number of piperazine rings is 1. The Morgan fingerprint density at radius 1 is 1.03 bits per heavy atom. The molecule has 1 fully saturated rings. The van der Waals surface area contributed by atoms with Crippen molar-refractivity contribution in [2.75, 3.05) is 45.9 Å². The minimum absolute atomic E-state index is 0.130. The van der Waals surface area contributed by atoms with E-state index >= 15 is 0 Å². The Morgan fingerprint density at radius 3 is 2.59 bits per heavy atom. The molecule has 0 unspecified atom stereocenters. The number of aryl methyl sites for hydroxylation is 1. The highest BCUT2D eigenvalue weighted by molar-refractivity contribution is 5.94. The summed E-state index contributed by atoms with van der Waals surface area (Å²) in [4.78, 5) is 28.6. The van der Waals surface area contributed by atoms with Crippen LogP contribution in [0.4, 0.5) is 9.18 Å². The Kier molecular flexibility index (Phi) is 6.90. The Balaban J connectivity index is 1.15. The molecule has 2 N–H and O–H groups in total. The number of benzene rings is 2. The van der Waals surface area contributed by atoms with E-state index in [1.54, 1.807) is 24.0 Å². The van der Waals surface area contributed by atoms with E-state index in [-0.39, 0.29) is 24.0 Å². The van der Waals surface area contributed by atoms with Crippen LogP contribution >= 0.6 is 0 Å². The summed E-state index contributed by atoms with van der Waals surface area (Å²) in [5, 5.41) is 5.54. The van der Waals surface area contributed by atoms with E-state index in [0.717, 1.165) is 38.4 Å². The lowest BCUT2D eigenvalue weighted by Gasteiger charge is -2.34. The zero-order valence-corrected chi connectivity index (χ0v) is 18.3. The number of ether oxygens (including phenoxy) is 1. The number of nitrogens with one attached hydrogen (secondary N) is 2. The second kappa shape index (κ2) is 9.99. The molecule has 7 nitrogen and oxygen atoms in total. The predicted octanol–water partition coefficient (Wildman–Crippen LogP) is 2.33. The lowest BCUT2D eigenvalue weighted by atomic mass is 10.1. The number of hydrogen-bond acceptors (Lipinski definition) is 4. The summed E-state index contributed by atoms with van der Waals surface area (Å²) in [6.07, 6.45) is 0.972. The number of fused-ring (bicyclic) bond motifs is 1. The third-order valence-electron chi connectivity index (χ3n) is 5.94. The summed E-state index contributed by atoms with van der Waals surface area (Å²) in [6.45, 7) is 6.83. The van der Waals surface area contributed by atoms with Crippen LogP contribution in [0.1, 0.15) is 27.0 Å². The molecule has 4 rings (SSSR count). The molecule has 2 aliphatic rings. The maximum Gasteiger partial charge on any atom is 0.317 e. The van der Waals surface area contributed by atoms with Gasteiger partial charge in [0, 0.05) is 57.8 Å². The lowest BCUT2D eigenvalue weighted by Crippen LogP contribution is -2.52. The Hall–Kier alpha value is -3.13. The third kappa shape index (κ3) is 5.37. The van der Waals surface area contributed by atoms with Gasteiger partial charge in [-0.05, 0) is 41.8 Å². The van der Waals surface area contributed by atoms with Gasteiger partial charge in [-0.25, -0.2) is 9.18 Å². The van der Waals surface area contributed by atoms with Gasteiger partial charge in [0.15, 0.2) is 0 Å². The van der Waals surface area contributed by atoms with E-state index in [0.29, 0.717) is 25.2 Å². The van der Waals surface area contributed by atoms with Crippen LogP contribution in [0.3, 0.4) is 0 Å². The van der Waals surface area contributed by atoms with Gasteiger partial charge in [0.1, 0.15) is 11.6 Å². The van der Waals surface area contributed by atoms with Crippen molar-refractivity contribution in [3.8, 4) is 5.75 Å². The number of rotatable bonds is 6. The van der Waals surface area contributed by atoms with Gasteiger partial charge in [-0.2, -0.15) is 0 Å². The normalized spacial score (nSPS) is 15.8. The Labute approximate surface area is 187 Å². The molecule has 2 aromatic carbocycles. The molecule has 0 saturated carbocycles. The molecular formula is C24H29FN4O3. The number of carbonyl (C=O) groups excluding carboxylic acids is 2. The molecule has 0 bridgehead atoms.